The number of benzene rings is 4. The molecule has 0 bridgehead atoms. The summed E-state index contributed by atoms with van der Waals surface area (Å²) < 4.78 is 0. The van der Waals surface area contributed by atoms with E-state index >= 15 is 0 Å². The molecule has 2 heterocycles. The van der Waals surface area contributed by atoms with Crippen molar-refractivity contribution in [3.63, 3.8) is 0 Å². The van der Waals surface area contributed by atoms with E-state index in [4.69, 9.17) is 4.98 Å². The van der Waals surface area contributed by atoms with Crippen molar-refractivity contribution in [2.45, 2.75) is 5.41 Å². The molecule has 2 aliphatic rings. The van der Waals surface area contributed by atoms with E-state index in [9.17, 15) is 5.26 Å². The molecule has 8 rings (SSSR count). The predicted molar refractivity (Wildman–Crippen MR) is 154 cm³/mol. The van der Waals surface area contributed by atoms with E-state index in [1.54, 1.807) is 12.4 Å². The van der Waals surface area contributed by atoms with E-state index in [0.29, 0.717) is 5.56 Å². The van der Waals surface area contributed by atoms with Gasteiger partial charge in [-0.25, -0.2) is 4.98 Å². The number of pyridine rings is 2. The Bertz CT molecular complexity index is 1950. The maximum Gasteiger partial charge on any atom is 0.101 e. The maximum absolute atomic E-state index is 9.31. The minimum atomic E-state index is -0.337. The molecule has 39 heavy (non-hydrogen) atoms. The summed E-state index contributed by atoms with van der Waals surface area (Å²) >= 11 is 0. The summed E-state index contributed by atoms with van der Waals surface area (Å²) in [5, 5.41) is 9.31. The van der Waals surface area contributed by atoms with Crippen molar-refractivity contribution in [3.05, 3.63) is 155 Å². The molecule has 6 aromatic rings. The van der Waals surface area contributed by atoms with E-state index in [0.717, 1.165) is 22.5 Å². The fourth-order valence-electron chi connectivity index (χ4n) is 6.66. The Balaban J connectivity index is 1.35. The Morgan fingerprint density at radius 3 is 1.72 bits per heavy atom. The molecule has 0 atom stereocenters. The Morgan fingerprint density at radius 2 is 1.08 bits per heavy atom. The van der Waals surface area contributed by atoms with Gasteiger partial charge in [-0.3, -0.25) is 4.98 Å². The Morgan fingerprint density at radius 1 is 0.513 bits per heavy atom. The molecule has 3 heteroatoms. The molecule has 0 aliphatic heterocycles. The van der Waals surface area contributed by atoms with Crippen LogP contribution in [0.5, 0.6) is 0 Å². The molecule has 0 N–H and O–H groups in total. The zero-order valence-corrected chi connectivity index (χ0v) is 21.0. The van der Waals surface area contributed by atoms with Crippen molar-refractivity contribution >= 4 is 0 Å². The minimum Gasteiger partial charge on any atom is -0.263 e. The summed E-state index contributed by atoms with van der Waals surface area (Å²) in [6.07, 6.45) is 3.32. The van der Waals surface area contributed by atoms with Gasteiger partial charge in [-0.05, 0) is 68.8 Å². The molecule has 180 valence electrons. The maximum atomic E-state index is 9.31. The van der Waals surface area contributed by atoms with Gasteiger partial charge in [-0.1, -0.05) is 91.0 Å². The lowest BCUT2D eigenvalue weighted by atomic mass is 9.70. The molecule has 4 aromatic carbocycles. The van der Waals surface area contributed by atoms with Gasteiger partial charge in [0.2, 0.25) is 0 Å². The van der Waals surface area contributed by atoms with Crippen LogP contribution in [0.25, 0.3) is 44.8 Å². The molecule has 0 fully saturated rings. The molecule has 2 aromatic heterocycles. The van der Waals surface area contributed by atoms with E-state index in [1.807, 2.05) is 24.3 Å². The fourth-order valence-corrected chi connectivity index (χ4v) is 6.66. The highest BCUT2D eigenvalue weighted by molar-refractivity contribution is 5.95. The van der Waals surface area contributed by atoms with Crippen LogP contribution in [0.4, 0.5) is 0 Å². The van der Waals surface area contributed by atoms with E-state index in [1.165, 1.54) is 44.5 Å². The van der Waals surface area contributed by atoms with Gasteiger partial charge in [0.05, 0.1) is 22.4 Å². The van der Waals surface area contributed by atoms with Gasteiger partial charge in [0.1, 0.15) is 6.07 Å². The molecule has 3 nitrogen and oxygen atoms in total. The molecule has 2 aliphatic carbocycles. The number of rotatable bonds is 2. The molecular formula is C36H21N3. The first kappa shape index (κ1) is 21.7. The lowest BCUT2D eigenvalue weighted by molar-refractivity contribution is 0.794. The van der Waals surface area contributed by atoms with E-state index < -0.39 is 0 Å². The molecule has 0 unspecified atom stereocenters. The fraction of sp³-hybridized carbons (Fsp3) is 0.0278. The van der Waals surface area contributed by atoms with E-state index in [2.05, 4.69) is 102 Å². The number of nitrogens with zero attached hydrogens (tertiary/aromatic N) is 3. The summed E-state index contributed by atoms with van der Waals surface area (Å²) in [7, 11) is 0. The van der Waals surface area contributed by atoms with Crippen LogP contribution in [0.3, 0.4) is 0 Å². The molecule has 1 spiro atoms. The SMILES string of the molecule is N#Cc1cncc(-c2cccc(-c3ccc4c(c3)-c3ccccc3C43c4ccccc4-c4ccccc43)n2)c1. The van der Waals surface area contributed by atoms with Gasteiger partial charge in [0, 0.05) is 23.5 Å². The summed E-state index contributed by atoms with van der Waals surface area (Å²) in [5.41, 5.74) is 14.2. The first-order valence-corrected chi connectivity index (χ1v) is 13.1. The first-order valence-electron chi connectivity index (χ1n) is 13.1. The van der Waals surface area contributed by atoms with Crippen molar-refractivity contribution in [3.8, 4) is 50.8 Å². The lowest BCUT2D eigenvalue weighted by Crippen LogP contribution is -2.25. The number of fused-ring (bicyclic) bond motifs is 10. The van der Waals surface area contributed by atoms with Crippen LogP contribution in [0.1, 0.15) is 27.8 Å². The number of nitriles is 1. The second-order valence-corrected chi connectivity index (χ2v) is 10.1. The second kappa shape index (κ2) is 8.08. The Labute approximate surface area is 226 Å². The van der Waals surface area contributed by atoms with Crippen molar-refractivity contribution in [2.75, 3.05) is 0 Å². The van der Waals surface area contributed by atoms with Crippen molar-refractivity contribution in [2.24, 2.45) is 0 Å². The second-order valence-electron chi connectivity index (χ2n) is 10.1. The molecule has 0 saturated heterocycles. The standard InChI is InChI=1S/C36H21N3/c37-20-23-18-25(22-38-21-23)35-15-7-14-34(39-35)24-16-17-33-29(19-24)28-10-3-6-13-32(28)36(33)30-11-4-1-8-26(30)27-9-2-5-12-31(27)36/h1-19,21-22H. The normalized spacial score (nSPS) is 13.3. The van der Waals surface area contributed by atoms with Gasteiger partial charge < -0.3 is 0 Å². The predicted octanol–water partition coefficient (Wildman–Crippen LogP) is 8.03. The summed E-state index contributed by atoms with van der Waals surface area (Å²) in [6, 6.07) is 43.4. The van der Waals surface area contributed by atoms with Crippen molar-refractivity contribution < 1.29 is 0 Å². The first-order chi connectivity index (χ1) is 19.3. The topological polar surface area (TPSA) is 49.6 Å². The third kappa shape index (κ3) is 2.92. The number of hydrogen-bond acceptors (Lipinski definition) is 3. The summed E-state index contributed by atoms with van der Waals surface area (Å²) in [6.45, 7) is 0. The Kier molecular flexibility index (Phi) is 4.50. The molecule has 0 amide bonds. The third-order valence-electron chi connectivity index (χ3n) is 8.21. The van der Waals surface area contributed by atoms with Crippen molar-refractivity contribution in [1.82, 2.24) is 9.97 Å². The summed E-state index contributed by atoms with van der Waals surface area (Å²) in [4.78, 5) is 9.20. The quantitative estimate of drug-likeness (QED) is 0.244. The van der Waals surface area contributed by atoms with Crippen molar-refractivity contribution in [1.29, 1.82) is 5.26 Å². The average Bonchev–Trinajstić information content (AvgIpc) is 3.48. The van der Waals surface area contributed by atoms with Gasteiger partial charge in [-0.2, -0.15) is 5.26 Å². The highest BCUT2D eigenvalue weighted by Gasteiger charge is 2.51. The minimum absolute atomic E-state index is 0.337. The largest absolute Gasteiger partial charge is 0.263 e. The van der Waals surface area contributed by atoms with Gasteiger partial charge in [0.15, 0.2) is 0 Å². The number of aromatic nitrogens is 2. The van der Waals surface area contributed by atoms with Crippen LogP contribution in [-0.2, 0) is 5.41 Å². The van der Waals surface area contributed by atoms with Gasteiger partial charge in [-0.15, -0.1) is 0 Å². The monoisotopic (exact) mass is 495 g/mol. The molecule has 0 saturated carbocycles. The highest BCUT2D eigenvalue weighted by atomic mass is 14.7. The van der Waals surface area contributed by atoms with Crippen LogP contribution in [0.15, 0.2) is 128 Å². The lowest BCUT2D eigenvalue weighted by Gasteiger charge is -2.30. The van der Waals surface area contributed by atoms with E-state index in [-0.39, 0.29) is 5.41 Å². The number of hydrogen-bond donors (Lipinski definition) is 0. The van der Waals surface area contributed by atoms with Crippen LogP contribution >= 0.6 is 0 Å². The average molecular weight is 496 g/mol. The molecular weight excluding hydrogens is 474 g/mol. The van der Waals surface area contributed by atoms with Crippen LogP contribution in [-0.4, -0.2) is 9.97 Å². The van der Waals surface area contributed by atoms with Gasteiger partial charge >= 0.3 is 0 Å². The smallest absolute Gasteiger partial charge is 0.101 e. The van der Waals surface area contributed by atoms with Gasteiger partial charge in [0.25, 0.3) is 0 Å². The zero-order chi connectivity index (χ0) is 26.0. The van der Waals surface area contributed by atoms with Crippen LogP contribution < -0.4 is 0 Å². The zero-order valence-electron chi connectivity index (χ0n) is 21.0. The Hall–Kier alpha value is -5.33. The van der Waals surface area contributed by atoms with Crippen LogP contribution in [0.2, 0.25) is 0 Å². The third-order valence-corrected chi connectivity index (χ3v) is 8.21. The highest BCUT2D eigenvalue weighted by Crippen LogP contribution is 2.62. The summed E-state index contributed by atoms with van der Waals surface area (Å²) in [5.74, 6) is 0. The van der Waals surface area contributed by atoms with Crippen LogP contribution in [0, 0.1) is 11.3 Å². The molecule has 0 radical (unpaired) electrons.